The second-order valence-electron chi connectivity index (χ2n) is 5.53. The van der Waals surface area contributed by atoms with Crippen molar-refractivity contribution in [3.8, 4) is 11.5 Å². The van der Waals surface area contributed by atoms with E-state index in [9.17, 15) is 0 Å². The Morgan fingerprint density at radius 1 is 0.808 bits per heavy atom. The highest BCUT2D eigenvalue weighted by Gasteiger charge is 2.09. The number of methoxy groups -OCH3 is 2. The van der Waals surface area contributed by atoms with E-state index < -0.39 is 0 Å². The number of rotatable bonds is 13. The van der Waals surface area contributed by atoms with Crippen LogP contribution in [0.4, 0.5) is 0 Å². The fourth-order valence-electron chi connectivity index (χ4n) is 2.40. The summed E-state index contributed by atoms with van der Waals surface area (Å²) in [6.45, 7) is 2.90. The molecule has 0 heterocycles. The molecule has 6 nitrogen and oxygen atoms in total. The van der Waals surface area contributed by atoms with Crippen LogP contribution in [0.1, 0.15) is 12.8 Å². The molecule has 1 aromatic carbocycles. The summed E-state index contributed by atoms with van der Waals surface area (Å²) in [5, 5.41) is 0. The van der Waals surface area contributed by atoms with Gasteiger partial charge in [0, 0.05) is 13.5 Å². The van der Waals surface area contributed by atoms with Gasteiger partial charge in [-0.2, -0.15) is 0 Å². The van der Waals surface area contributed by atoms with Gasteiger partial charge in [-0.15, -0.1) is 0 Å². The molecule has 0 fully saturated rings. The van der Waals surface area contributed by atoms with Gasteiger partial charge in [0.05, 0.1) is 26.9 Å². The summed E-state index contributed by atoms with van der Waals surface area (Å²) in [6.07, 6.45) is 5.90. The van der Waals surface area contributed by atoms with Gasteiger partial charge in [-0.05, 0) is 24.6 Å². The van der Waals surface area contributed by atoms with Crippen LogP contribution < -0.4 is 9.47 Å². The Kier molecular flexibility index (Phi) is 9.46. The first-order valence-corrected chi connectivity index (χ1v) is 8.83. The van der Waals surface area contributed by atoms with Crippen LogP contribution in [0.3, 0.4) is 0 Å². The molecule has 0 amide bonds. The van der Waals surface area contributed by atoms with Crippen molar-refractivity contribution in [2.45, 2.75) is 12.8 Å². The fraction of sp³-hybridized carbons (Fsp3) is 0.500. The monoisotopic (exact) mass is 364 g/mol. The van der Waals surface area contributed by atoms with Gasteiger partial charge in [-0.25, -0.2) is 0 Å². The molecule has 0 spiro atoms. The normalized spacial score (nSPS) is 13.6. The molecular formula is C20H28O6. The quantitative estimate of drug-likeness (QED) is 0.501. The average Bonchev–Trinajstić information content (AvgIpc) is 2.68. The lowest BCUT2D eigenvalue weighted by Gasteiger charge is -2.16. The molecule has 0 saturated heterocycles. The predicted octanol–water partition coefficient (Wildman–Crippen LogP) is 3.33. The smallest absolute Gasteiger partial charge is 0.161 e. The number of hydrogen-bond donors (Lipinski definition) is 0. The first kappa shape index (κ1) is 20.1. The zero-order chi connectivity index (χ0) is 18.5. The average molecular weight is 364 g/mol. The molecule has 1 aliphatic rings. The summed E-state index contributed by atoms with van der Waals surface area (Å²) < 4.78 is 32.9. The fourth-order valence-corrected chi connectivity index (χ4v) is 2.40. The van der Waals surface area contributed by atoms with Crippen molar-refractivity contribution in [2.75, 3.05) is 53.9 Å². The van der Waals surface area contributed by atoms with Crippen LogP contribution in [0, 0.1) is 0 Å². The molecule has 0 unspecified atom stereocenters. The Labute approximate surface area is 155 Å². The molecule has 26 heavy (non-hydrogen) atoms. The van der Waals surface area contributed by atoms with E-state index in [-0.39, 0.29) is 0 Å². The first-order valence-electron chi connectivity index (χ1n) is 8.83. The van der Waals surface area contributed by atoms with Crippen LogP contribution in [0.5, 0.6) is 11.5 Å². The van der Waals surface area contributed by atoms with Gasteiger partial charge in [-0.1, -0.05) is 18.2 Å². The minimum Gasteiger partial charge on any atom is -0.497 e. The maximum atomic E-state index is 5.73. The van der Waals surface area contributed by atoms with Crippen LogP contribution in [0.25, 0.3) is 0 Å². The van der Waals surface area contributed by atoms with E-state index in [1.165, 1.54) is 0 Å². The van der Waals surface area contributed by atoms with Crippen molar-refractivity contribution < 1.29 is 28.4 Å². The topological polar surface area (TPSA) is 55.4 Å². The van der Waals surface area contributed by atoms with Crippen LogP contribution in [-0.4, -0.2) is 53.9 Å². The lowest BCUT2D eigenvalue weighted by molar-refractivity contribution is 0.0558. The van der Waals surface area contributed by atoms with Crippen LogP contribution >= 0.6 is 0 Å². The molecule has 1 aliphatic carbocycles. The maximum absolute atomic E-state index is 5.73. The lowest BCUT2D eigenvalue weighted by Crippen LogP contribution is -2.12. The minimum absolute atomic E-state index is 0.441. The van der Waals surface area contributed by atoms with Crippen molar-refractivity contribution in [1.82, 2.24) is 0 Å². The Morgan fingerprint density at radius 3 is 2.12 bits per heavy atom. The molecule has 1 aromatic rings. The summed E-state index contributed by atoms with van der Waals surface area (Å²) in [4.78, 5) is 0. The summed E-state index contributed by atoms with van der Waals surface area (Å²) in [5.74, 6) is 3.09. The molecule has 144 valence electrons. The van der Waals surface area contributed by atoms with Crippen molar-refractivity contribution >= 4 is 0 Å². The second-order valence-corrected chi connectivity index (χ2v) is 5.53. The third-order valence-corrected chi connectivity index (χ3v) is 3.69. The zero-order valence-electron chi connectivity index (χ0n) is 15.6. The zero-order valence-corrected chi connectivity index (χ0v) is 15.6. The van der Waals surface area contributed by atoms with Gasteiger partial charge < -0.3 is 28.4 Å². The van der Waals surface area contributed by atoms with Crippen molar-refractivity contribution in [3.63, 3.8) is 0 Å². The van der Waals surface area contributed by atoms with E-state index >= 15 is 0 Å². The molecule has 6 heteroatoms. The largest absolute Gasteiger partial charge is 0.497 e. The van der Waals surface area contributed by atoms with Crippen molar-refractivity contribution in [2.24, 2.45) is 0 Å². The van der Waals surface area contributed by atoms with E-state index in [2.05, 4.69) is 6.08 Å². The molecule has 2 rings (SSSR count). The van der Waals surface area contributed by atoms with Crippen molar-refractivity contribution in [3.05, 3.63) is 47.9 Å². The summed E-state index contributed by atoms with van der Waals surface area (Å²) in [5.41, 5.74) is 0. The van der Waals surface area contributed by atoms with Crippen LogP contribution in [0.2, 0.25) is 0 Å². The molecule has 0 saturated carbocycles. The number of ether oxygens (including phenoxy) is 6. The van der Waals surface area contributed by atoms with Gasteiger partial charge in [0.25, 0.3) is 0 Å². The summed E-state index contributed by atoms with van der Waals surface area (Å²) in [6, 6.07) is 7.56. The number of allylic oxidation sites excluding steroid dienone is 3. The SMILES string of the molecule is COCCOc1ccccc1OCCOCCOC1=C(OC)CCC=C1. The molecule has 0 aliphatic heterocycles. The number of para-hydroxylation sites is 2. The first-order chi connectivity index (χ1) is 12.8. The lowest BCUT2D eigenvalue weighted by atomic mass is 10.1. The van der Waals surface area contributed by atoms with E-state index in [1.807, 2.05) is 30.3 Å². The highest BCUT2D eigenvalue weighted by molar-refractivity contribution is 5.39. The standard InChI is InChI=1S/C20H28O6/c1-21-11-14-24-19-9-5-6-10-20(19)26-16-13-23-12-15-25-18-8-4-3-7-17(18)22-2/h4-6,8-10H,3,7,11-16H2,1-2H3. The Balaban J connectivity index is 1.61. The van der Waals surface area contributed by atoms with Crippen molar-refractivity contribution in [1.29, 1.82) is 0 Å². The summed E-state index contributed by atoms with van der Waals surface area (Å²) in [7, 11) is 3.31. The van der Waals surface area contributed by atoms with Gasteiger partial charge in [-0.3, -0.25) is 0 Å². The molecule has 0 atom stereocenters. The summed E-state index contributed by atoms with van der Waals surface area (Å²) >= 11 is 0. The minimum atomic E-state index is 0.441. The molecular weight excluding hydrogens is 336 g/mol. The molecule has 0 bridgehead atoms. The van der Waals surface area contributed by atoms with Crippen LogP contribution in [-0.2, 0) is 18.9 Å². The van der Waals surface area contributed by atoms with Crippen LogP contribution in [0.15, 0.2) is 47.9 Å². The highest BCUT2D eigenvalue weighted by Crippen LogP contribution is 2.26. The van der Waals surface area contributed by atoms with E-state index in [4.69, 9.17) is 28.4 Å². The van der Waals surface area contributed by atoms with Gasteiger partial charge in [0.2, 0.25) is 0 Å². The van der Waals surface area contributed by atoms with E-state index in [0.717, 1.165) is 24.4 Å². The molecule has 0 radical (unpaired) electrons. The van der Waals surface area contributed by atoms with Gasteiger partial charge in [0.15, 0.2) is 17.3 Å². The van der Waals surface area contributed by atoms with E-state index in [1.54, 1.807) is 14.2 Å². The van der Waals surface area contributed by atoms with Gasteiger partial charge >= 0.3 is 0 Å². The third-order valence-electron chi connectivity index (χ3n) is 3.69. The molecule has 0 N–H and O–H groups in total. The number of benzene rings is 1. The third kappa shape index (κ3) is 6.98. The molecule has 0 aromatic heterocycles. The Hall–Kier alpha value is -2.18. The second kappa shape index (κ2) is 12.2. The Morgan fingerprint density at radius 2 is 1.46 bits per heavy atom. The maximum Gasteiger partial charge on any atom is 0.161 e. The Bertz CT molecular complexity index is 581. The highest BCUT2D eigenvalue weighted by atomic mass is 16.6. The van der Waals surface area contributed by atoms with Gasteiger partial charge in [0.1, 0.15) is 25.6 Å². The number of hydrogen-bond acceptors (Lipinski definition) is 6. The predicted molar refractivity (Wildman–Crippen MR) is 98.5 cm³/mol. The van der Waals surface area contributed by atoms with E-state index in [0.29, 0.717) is 51.1 Å².